The van der Waals surface area contributed by atoms with Crippen LogP contribution in [0.1, 0.15) is 6.92 Å². The summed E-state index contributed by atoms with van der Waals surface area (Å²) in [5.41, 5.74) is 0. The van der Waals surface area contributed by atoms with Crippen molar-refractivity contribution < 1.29 is 9.90 Å². The first-order chi connectivity index (χ1) is 4.61. The standard InChI is InChI=1S/C6H12NO2P/c1-4-2-7(10)3-5(4)6(8)9/h4-5H,2-3,10H2,1H3,(H,8,9)/t4-,5+/m1/s1. The Hall–Kier alpha value is -0.140. The van der Waals surface area contributed by atoms with Crippen LogP contribution in [0.3, 0.4) is 0 Å². The summed E-state index contributed by atoms with van der Waals surface area (Å²) in [5.74, 6) is -0.551. The number of nitrogens with zero attached hydrogens (tertiary/aromatic N) is 1. The third-order valence-corrected chi connectivity index (χ3v) is 2.38. The number of carboxylic acids is 1. The SMILES string of the molecule is C[C@@H]1CN(P)C[C@@H]1C(=O)O. The first-order valence-electron chi connectivity index (χ1n) is 3.33. The summed E-state index contributed by atoms with van der Waals surface area (Å²) in [7, 11) is 2.54. The molecule has 0 radical (unpaired) electrons. The van der Waals surface area contributed by atoms with Gasteiger partial charge < -0.3 is 5.11 Å². The molecule has 0 aromatic heterocycles. The van der Waals surface area contributed by atoms with E-state index in [-0.39, 0.29) is 11.8 Å². The van der Waals surface area contributed by atoms with Gasteiger partial charge in [0.05, 0.1) is 5.92 Å². The first kappa shape index (κ1) is 7.96. The van der Waals surface area contributed by atoms with Crippen molar-refractivity contribution in [3.63, 3.8) is 0 Å². The van der Waals surface area contributed by atoms with Gasteiger partial charge in [0.25, 0.3) is 0 Å². The Bertz CT molecular complexity index is 151. The number of hydrogen-bond acceptors (Lipinski definition) is 2. The van der Waals surface area contributed by atoms with E-state index in [4.69, 9.17) is 5.11 Å². The van der Waals surface area contributed by atoms with E-state index in [9.17, 15) is 4.79 Å². The van der Waals surface area contributed by atoms with Crippen molar-refractivity contribution in [2.75, 3.05) is 13.1 Å². The third-order valence-electron chi connectivity index (χ3n) is 1.96. The molecule has 1 aliphatic rings. The fraction of sp³-hybridized carbons (Fsp3) is 0.833. The van der Waals surface area contributed by atoms with Gasteiger partial charge >= 0.3 is 5.97 Å². The molecule has 4 heteroatoms. The molecule has 3 nitrogen and oxygen atoms in total. The van der Waals surface area contributed by atoms with Gasteiger partial charge in [-0.2, -0.15) is 0 Å². The average molecular weight is 161 g/mol. The number of rotatable bonds is 1. The lowest BCUT2D eigenvalue weighted by molar-refractivity contribution is -0.142. The number of carboxylic acid groups (broad SMARTS) is 1. The zero-order valence-corrected chi connectivity index (χ0v) is 7.10. The van der Waals surface area contributed by atoms with Crippen molar-refractivity contribution in [2.45, 2.75) is 6.92 Å². The molecular formula is C6H12NO2P. The molecule has 3 atom stereocenters. The van der Waals surface area contributed by atoms with Crippen molar-refractivity contribution in [1.29, 1.82) is 0 Å². The summed E-state index contributed by atoms with van der Waals surface area (Å²) in [6, 6.07) is 0. The van der Waals surface area contributed by atoms with E-state index in [0.29, 0.717) is 6.54 Å². The molecule has 0 saturated carbocycles. The molecule has 0 bridgehead atoms. The van der Waals surface area contributed by atoms with Crippen molar-refractivity contribution >= 4 is 15.4 Å². The van der Waals surface area contributed by atoms with Crippen LogP contribution >= 0.6 is 9.39 Å². The monoisotopic (exact) mass is 161 g/mol. The summed E-state index contributed by atoms with van der Waals surface area (Å²) < 4.78 is 1.98. The predicted molar refractivity (Wildman–Crippen MR) is 41.6 cm³/mol. The topological polar surface area (TPSA) is 40.5 Å². The summed E-state index contributed by atoms with van der Waals surface area (Å²) >= 11 is 0. The Morgan fingerprint density at radius 3 is 2.50 bits per heavy atom. The van der Waals surface area contributed by atoms with E-state index in [1.807, 2.05) is 11.6 Å². The Kier molecular flexibility index (Phi) is 2.27. The molecule has 0 amide bonds. The van der Waals surface area contributed by atoms with Gasteiger partial charge in [0.2, 0.25) is 0 Å². The van der Waals surface area contributed by atoms with E-state index < -0.39 is 5.97 Å². The highest BCUT2D eigenvalue weighted by atomic mass is 31.0. The van der Waals surface area contributed by atoms with Crippen LogP contribution in [0.15, 0.2) is 0 Å². The highest BCUT2D eigenvalue weighted by molar-refractivity contribution is 7.13. The average Bonchev–Trinajstić information content (AvgIpc) is 2.10. The molecule has 1 heterocycles. The first-order valence-corrected chi connectivity index (χ1v) is 3.85. The second kappa shape index (κ2) is 2.85. The second-order valence-corrected chi connectivity index (χ2v) is 3.61. The van der Waals surface area contributed by atoms with E-state index >= 15 is 0 Å². The Labute approximate surface area is 62.7 Å². The molecule has 58 valence electrons. The molecule has 1 N–H and O–H groups in total. The molecule has 1 unspecified atom stereocenters. The zero-order chi connectivity index (χ0) is 7.72. The number of hydrogen-bond donors (Lipinski definition) is 1. The molecule has 1 rings (SSSR count). The summed E-state index contributed by atoms with van der Waals surface area (Å²) in [4.78, 5) is 10.5. The molecule has 10 heavy (non-hydrogen) atoms. The lowest BCUT2D eigenvalue weighted by Crippen LogP contribution is -2.19. The van der Waals surface area contributed by atoms with Gasteiger partial charge in [0.15, 0.2) is 0 Å². The molecule has 0 aromatic carbocycles. The molecular weight excluding hydrogens is 149 g/mol. The lowest BCUT2D eigenvalue weighted by Gasteiger charge is -2.05. The summed E-state index contributed by atoms with van der Waals surface area (Å²) in [6.07, 6.45) is 0. The zero-order valence-electron chi connectivity index (χ0n) is 5.95. The quantitative estimate of drug-likeness (QED) is 0.567. The lowest BCUT2D eigenvalue weighted by atomic mass is 9.99. The maximum absolute atomic E-state index is 10.5. The molecule has 1 fully saturated rings. The van der Waals surface area contributed by atoms with Gasteiger partial charge in [0, 0.05) is 13.1 Å². The molecule has 0 aliphatic carbocycles. The molecule has 0 aromatic rings. The minimum atomic E-state index is -0.669. The number of aliphatic carboxylic acids is 1. The third kappa shape index (κ3) is 1.47. The highest BCUT2D eigenvalue weighted by Gasteiger charge is 2.32. The normalized spacial score (nSPS) is 34.6. The fourth-order valence-electron chi connectivity index (χ4n) is 1.33. The van der Waals surface area contributed by atoms with Crippen molar-refractivity contribution in [3.8, 4) is 0 Å². The van der Waals surface area contributed by atoms with E-state index in [1.54, 1.807) is 0 Å². The van der Waals surface area contributed by atoms with Crippen LogP contribution in [-0.4, -0.2) is 28.8 Å². The van der Waals surface area contributed by atoms with Crippen LogP contribution in [0.25, 0.3) is 0 Å². The fourth-order valence-corrected chi connectivity index (χ4v) is 1.89. The molecule has 1 saturated heterocycles. The van der Waals surface area contributed by atoms with Crippen LogP contribution < -0.4 is 0 Å². The maximum Gasteiger partial charge on any atom is 0.308 e. The largest absolute Gasteiger partial charge is 0.481 e. The summed E-state index contributed by atoms with van der Waals surface area (Å²) in [6.45, 7) is 3.52. The van der Waals surface area contributed by atoms with E-state index in [1.165, 1.54) is 0 Å². The van der Waals surface area contributed by atoms with E-state index in [0.717, 1.165) is 6.54 Å². The highest BCUT2D eigenvalue weighted by Crippen LogP contribution is 2.24. The number of carbonyl (C=O) groups is 1. The smallest absolute Gasteiger partial charge is 0.308 e. The van der Waals surface area contributed by atoms with Crippen LogP contribution in [-0.2, 0) is 4.79 Å². The van der Waals surface area contributed by atoms with Gasteiger partial charge in [0.1, 0.15) is 0 Å². The van der Waals surface area contributed by atoms with Crippen molar-refractivity contribution in [1.82, 2.24) is 4.67 Å². The van der Waals surface area contributed by atoms with Gasteiger partial charge in [-0.1, -0.05) is 16.3 Å². The van der Waals surface area contributed by atoms with Crippen LogP contribution in [0.4, 0.5) is 0 Å². The minimum Gasteiger partial charge on any atom is -0.481 e. The van der Waals surface area contributed by atoms with Gasteiger partial charge in [-0.3, -0.25) is 9.46 Å². The van der Waals surface area contributed by atoms with Crippen LogP contribution in [0, 0.1) is 11.8 Å². The van der Waals surface area contributed by atoms with Crippen LogP contribution in [0.2, 0.25) is 0 Å². The summed E-state index contributed by atoms with van der Waals surface area (Å²) in [5, 5.41) is 8.67. The Morgan fingerprint density at radius 2 is 2.30 bits per heavy atom. The molecule has 1 aliphatic heterocycles. The Balaban J connectivity index is 2.54. The van der Waals surface area contributed by atoms with Crippen molar-refractivity contribution in [2.24, 2.45) is 11.8 Å². The van der Waals surface area contributed by atoms with Crippen LogP contribution in [0.5, 0.6) is 0 Å². The minimum absolute atomic E-state index is 0.169. The predicted octanol–water partition coefficient (Wildman–Crippen LogP) is 0.429. The van der Waals surface area contributed by atoms with Crippen molar-refractivity contribution in [3.05, 3.63) is 0 Å². The Morgan fingerprint density at radius 1 is 1.70 bits per heavy atom. The van der Waals surface area contributed by atoms with Gasteiger partial charge in [-0.05, 0) is 5.92 Å². The maximum atomic E-state index is 10.5. The molecule has 0 spiro atoms. The van der Waals surface area contributed by atoms with Gasteiger partial charge in [-0.25, -0.2) is 0 Å². The van der Waals surface area contributed by atoms with Gasteiger partial charge in [-0.15, -0.1) is 0 Å². The second-order valence-electron chi connectivity index (χ2n) is 2.88. The van der Waals surface area contributed by atoms with E-state index in [2.05, 4.69) is 9.39 Å².